The van der Waals surface area contributed by atoms with E-state index in [1.807, 2.05) is 0 Å². The third-order valence-electron chi connectivity index (χ3n) is 4.55. The monoisotopic (exact) mass is 372 g/mol. The van der Waals surface area contributed by atoms with Crippen LogP contribution in [0.15, 0.2) is 0 Å². The van der Waals surface area contributed by atoms with E-state index in [9.17, 15) is 19.2 Å². The molecule has 1 saturated carbocycles. The Morgan fingerprint density at radius 1 is 0.538 bits per heavy atom. The Morgan fingerprint density at radius 3 is 0.885 bits per heavy atom. The Hall–Kier alpha value is -2.12. The highest BCUT2D eigenvalue weighted by atomic mass is 16.5. The summed E-state index contributed by atoms with van der Waals surface area (Å²) in [6.45, 7) is 6.17. The fourth-order valence-corrected chi connectivity index (χ4v) is 3.26. The second-order valence-corrected chi connectivity index (χ2v) is 6.72. The lowest BCUT2D eigenvalue weighted by Crippen LogP contribution is -2.41. The summed E-state index contributed by atoms with van der Waals surface area (Å²) in [6.07, 6.45) is 1.22. The Bertz CT molecular complexity index is 425. The second kappa shape index (κ2) is 10.8. The number of rotatable bonds is 8. The molecular formula is C18H28O8. The van der Waals surface area contributed by atoms with Gasteiger partial charge in [0, 0.05) is 27.7 Å². The predicted molar refractivity (Wildman–Crippen MR) is 89.7 cm³/mol. The molecule has 0 bridgehead atoms. The van der Waals surface area contributed by atoms with Gasteiger partial charge in [-0.15, -0.1) is 0 Å². The molecule has 0 radical (unpaired) electrons. The van der Waals surface area contributed by atoms with Gasteiger partial charge in [-0.05, 0) is 36.5 Å². The molecule has 26 heavy (non-hydrogen) atoms. The van der Waals surface area contributed by atoms with E-state index in [1.54, 1.807) is 0 Å². The minimum atomic E-state index is -0.380. The normalized spacial score (nSPS) is 25.1. The van der Waals surface area contributed by atoms with Crippen LogP contribution in [-0.2, 0) is 38.1 Å². The Kier molecular flexibility index (Phi) is 9.09. The van der Waals surface area contributed by atoms with Crippen LogP contribution in [0.5, 0.6) is 0 Å². The second-order valence-electron chi connectivity index (χ2n) is 6.72. The largest absolute Gasteiger partial charge is 0.466 e. The van der Waals surface area contributed by atoms with Crippen molar-refractivity contribution in [3.63, 3.8) is 0 Å². The van der Waals surface area contributed by atoms with Crippen molar-refractivity contribution in [1.82, 2.24) is 0 Å². The van der Waals surface area contributed by atoms with E-state index < -0.39 is 0 Å². The first-order valence-corrected chi connectivity index (χ1v) is 8.72. The highest BCUT2D eigenvalue weighted by molar-refractivity contribution is 5.66. The van der Waals surface area contributed by atoms with E-state index in [1.165, 1.54) is 27.7 Å². The maximum absolute atomic E-state index is 11.2. The van der Waals surface area contributed by atoms with Crippen molar-refractivity contribution < 1.29 is 38.1 Å². The molecule has 0 aromatic carbocycles. The number of esters is 4. The molecule has 1 fully saturated rings. The van der Waals surface area contributed by atoms with Crippen LogP contribution in [0.25, 0.3) is 0 Å². The highest BCUT2D eigenvalue weighted by Gasteiger charge is 2.39. The average Bonchev–Trinajstić information content (AvgIpc) is 2.54. The first-order chi connectivity index (χ1) is 12.2. The first kappa shape index (κ1) is 21.9. The van der Waals surface area contributed by atoms with Gasteiger partial charge in [0.25, 0.3) is 0 Å². The van der Waals surface area contributed by atoms with Crippen molar-refractivity contribution >= 4 is 23.9 Å². The van der Waals surface area contributed by atoms with Gasteiger partial charge in [-0.2, -0.15) is 0 Å². The lowest BCUT2D eigenvalue weighted by Gasteiger charge is -2.40. The van der Waals surface area contributed by atoms with Gasteiger partial charge in [0.1, 0.15) is 0 Å². The van der Waals surface area contributed by atoms with Gasteiger partial charge in [-0.1, -0.05) is 0 Å². The number of ether oxygens (including phenoxy) is 4. The van der Waals surface area contributed by atoms with E-state index >= 15 is 0 Å². The molecule has 0 aliphatic heterocycles. The zero-order valence-corrected chi connectivity index (χ0v) is 15.8. The number of carbonyl (C=O) groups excluding carboxylic acids is 4. The summed E-state index contributed by atoms with van der Waals surface area (Å²) in [6, 6.07) is 0. The van der Waals surface area contributed by atoms with Gasteiger partial charge >= 0.3 is 23.9 Å². The highest BCUT2D eigenvalue weighted by Crippen LogP contribution is 2.39. The van der Waals surface area contributed by atoms with Crippen molar-refractivity contribution in [3.8, 4) is 0 Å². The molecule has 0 aromatic heterocycles. The summed E-state index contributed by atoms with van der Waals surface area (Å²) in [5.74, 6) is -1.66. The third-order valence-corrected chi connectivity index (χ3v) is 4.55. The summed E-state index contributed by atoms with van der Waals surface area (Å²) in [5, 5.41) is 0. The quantitative estimate of drug-likeness (QED) is 0.466. The molecule has 1 aliphatic carbocycles. The van der Waals surface area contributed by atoms with E-state index in [2.05, 4.69) is 0 Å². The molecule has 0 unspecified atom stereocenters. The predicted octanol–water partition coefficient (Wildman–Crippen LogP) is 1.50. The summed E-state index contributed by atoms with van der Waals surface area (Å²) in [5.41, 5.74) is 0. The molecule has 0 spiro atoms. The number of hydrogen-bond acceptors (Lipinski definition) is 8. The third kappa shape index (κ3) is 8.31. The van der Waals surface area contributed by atoms with E-state index in [0.717, 1.165) is 0 Å². The van der Waals surface area contributed by atoms with Crippen LogP contribution >= 0.6 is 0 Å². The molecule has 0 N–H and O–H groups in total. The van der Waals surface area contributed by atoms with Crippen LogP contribution in [0, 0.1) is 23.7 Å². The van der Waals surface area contributed by atoms with Gasteiger partial charge in [0.15, 0.2) is 0 Å². The van der Waals surface area contributed by atoms with Crippen LogP contribution in [-0.4, -0.2) is 50.3 Å². The maximum Gasteiger partial charge on any atom is 0.302 e. The zero-order chi connectivity index (χ0) is 19.7. The van der Waals surface area contributed by atoms with Gasteiger partial charge < -0.3 is 18.9 Å². The maximum atomic E-state index is 11.2. The van der Waals surface area contributed by atoms with E-state index in [-0.39, 0.29) is 74.0 Å². The van der Waals surface area contributed by atoms with Gasteiger partial charge in [0.05, 0.1) is 26.4 Å². The Morgan fingerprint density at radius 2 is 0.731 bits per heavy atom. The Balaban J connectivity index is 2.85. The summed E-state index contributed by atoms with van der Waals surface area (Å²) in [4.78, 5) is 44.7. The standard InChI is InChI=1S/C18H28O8/c1-11(19)23-7-15-5-17(9-25-13(3)21)18(10-26-14(4)22)6-16(15)8-24-12(2)20/h15-18H,5-10H2,1-4H3/t15-,16-,17+,18+. The smallest absolute Gasteiger partial charge is 0.302 e. The molecule has 1 rings (SSSR count). The van der Waals surface area contributed by atoms with Crippen LogP contribution in [0.3, 0.4) is 0 Å². The van der Waals surface area contributed by atoms with Crippen LogP contribution in [0.4, 0.5) is 0 Å². The van der Waals surface area contributed by atoms with Gasteiger partial charge in [-0.3, -0.25) is 19.2 Å². The zero-order valence-electron chi connectivity index (χ0n) is 15.8. The molecule has 0 saturated heterocycles. The summed E-state index contributed by atoms with van der Waals surface area (Å²) < 4.78 is 20.6. The molecule has 4 atom stereocenters. The summed E-state index contributed by atoms with van der Waals surface area (Å²) >= 11 is 0. The van der Waals surface area contributed by atoms with E-state index in [4.69, 9.17) is 18.9 Å². The number of hydrogen-bond donors (Lipinski definition) is 0. The fraction of sp³-hybridized carbons (Fsp3) is 0.778. The van der Waals surface area contributed by atoms with Crippen molar-refractivity contribution in [2.45, 2.75) is 40.5 Å². The van der Waals surface area contributed by atoms with E-state index in [0.29, 0.717) is 12.8 Å². The summed E-state index contributed by atoms with van der Waals surface area (Å²) in [7, 11) is 0. The van der Waals surface area contributed by atoms with Crippen LogP contribution < -0.4 is 0 Å². The molecule has 148 valence electrons. The molecular weight excluding hydrogens is 344 g/mol. The van der Waals surface area contributed by atoms with Gasteiger partial charge in [0.2, 0.25) is 0 Å². The average molecular weight is 372 g/mol. The molecule has 0 heterocycles. The number of carbonyl (C=O) groups is 4. The molecule has 8 heteroatoms. The minimum absolute atomic E-state index is 0.0348. The minimum Gasteiger partial charge on any atom is -0.466 e. The molecule has 8 nitrogen and oxygen atoms in total. The van der Waals surface area contributed by atoms with Crippen molar-refractivity contribution in [1.29, 1.82) is 0 Å². The molecule has 0 aromatic rings. The molecule has 0 amide bonds. The Labute approximate surface area is 153 Å². The fourth-order valence-electron chi connectivity index (χ4n) is 3.26. The topological polar surface area (TPSA) is 105 Å². The molecule has 1 aliphatic rings. The van der Waals surface area contributed by atoms with Crippen LogP contribution in [0.2, 0.25) is 0 Å². The van der Waals surface area contributed by atoms with Gasteiger partial charge in [-0.25, -0.2) is 0 Å². The lowest BCUT2D eigenvalue weighted by atomic mass is 9.69. The van der Waals surface area contributed by atoms with Crippen molar-refractivity contribution in [2.24, 2.45) is 23.7 Å². The first-order valence-electron chi connectivity index (χ1n) is 8.72. The lowest BCUT2D eigenvalue weighted by molar-refractivity contribution is -0.154. The SMILES string of the molecule is CC(=O)OC[C@@H]1C[C@H](COC(C)=O)[C@@H](COC(C)=O)C[C@H]1COC(C)=O. The van der Waals surface area contributed by atoms with Crippen LogP contribution in [0.1, 0.15) is 40.5 Å². The van der Waals surface area contributed by atoms with Crippen molar-refractivity contribution in [3.05, 3.63) is 0 Å². The van der Waals surface area contributed by atoms with Crippen molar-refractivity contribution in [2.75, 3.05) is 26.4 Å².